The Kier molecular flexibility index (Phi) is 12.4. The lowest BCUT2D eigenvalue weighted by molar-refractivity contribution is -0.187. The van der Waals surface area contributed by atoms with Crippen molar-refractivity contribution in [2.75, 3.05) is 19.8 Å². The minimum absolute atomic E-state index is 0.0158. The molecular weight excluding hydrogens is 356 g/mol. The van der Waals surface area contributed by atoms with Crippen LogP contribution in [0.4, 0.5) is 4.79 Å². The number of hydrogen-bond acceptors (Lipinski definition) is 9. The van der Waals surface area contributed by atoms with Crippen LogP contribution in [0.15, 0.2) is 0 Å². The van der Waals surface area contributed by atoms with Crippen LogP contribution in [0.25, 0.3) is 0 Å². The Balaban J connectivity index is 0. The van der Waals surface area contributed by atoms with E-state index >= 15 is 0 Å². The zero-order valence-electron chi connectivity index (χ0n) is 15.0. The van der Waals surface area contributed by atoms with Crippen LogP contribution in [0.5, 0.6) is 0 Å². The van der Waals surface area contributed by atoms with Crippen LogP contribution in [0.1, 0.15) is 34.1 Å². The van der Waals surface area contributed by atoms with E-state index in [4.69, 9.17) is 19.7 Å². The summed E-state index contributed by atoms with van der Waals surface area (Å²) >= 11 is 0. The van der Waals surface area contributed by atoms with Gasteiger partial charge in [0.15, 0.2) is 11.5 Å². The van der Waals surface area contributed by atoms with Crippen LogP contribution < -0.4 is 0 Å². The molecule has 0 saturated heterocycles. The van der Waals surface area contributed by atoms with Gasteiger partial charge in [-0.3, -0.25) is 14.4 Å². The maximum Gasteiger partial charge on any atom is 0.503 e. The average Bonchev–Trinajstić information content (AvgIpc) is 2.46. The largest absolute Gasteiger partial charge is 0.503 e. The van der Waals surface area contributed by atoms with Crippen molar-refractivity contribution in [1.82, 2.24) is 0 Å². The summed E-state index contributed by atoms with van der Waals surface area (Å²) in [6, 6.07) is 0. The second kappa shape index (κ2) is 12.6. The van der Waals surface area contributed by atoms with Crippen molar-refractivity contribution in [3.63, 3.8) is 0 Å². The van der Waals surface area contributed by atoms with E-state index in [-0.39, 0.29) is 19.8 Å². The highest BCUT2D eigenvalue weighted by molar-refractivity contribution is 6.05. The van der Waals surface area contributed by atoms with Crippen LogP contribution in [0.3, 0.4) is 0 Å². The molecule has 0 aliphatic heterocycles. The predicted molar refractivity (Wildman–Crippen MR) is 84.3 cm³/mol. The summed E-state index contributed by atoms with van der Waals surface area (Å²) in [5.74, 6) is -5.98. The molecular formula is C15H24O11. The Morgan fingerprint density at radius 1 is 0.885 bits per heavy atom. The number of ketones is 1. The van der Waals surface area contributed by atoms with Crippen LogP contribution in [-0.2, 0) is 33.4 Å². The molecule has 11 nitrogen and oxygen atoms in total. The van der Waals surface area contributed by atoms with Gasteiger partial charge < -0.3 is 29.5 Å². The number of hydrogen-bond donors (Lipinski definition) is 3. The maximum absolute atomic E-state index is 12.0. The Bertz CT molecular complexity index is 510. The number of aliphatic hydroxyl groups is 1. The van der Waals surface area contributed by atoms with Crippen LogP contribution in [-0.4, -0.2) is 70.6 Å². The van der Waals surface area contributed by atoms with Gasteiger partial charge in [0, 0.05) is 0 Å². The van der Waals surface area contributed by atoms with Gasteiger partial charge in [-0.15, -0.1) is 0 Å². The Hall–Kier alpha value is -2.69. The topological polar surface area (TPSA) is 174 Å². The first-order valence-electron chi connectivity index (χ1n) is 7.61. The molecule has 0 aromatic carbocycles. The van der Waals surface area contributed by atoms with E-state index in [1.165, 1.54) is 20.8 Å². The standard InChI is InChI=1S/C14H22O8.CH2O3/c1-5-20-10(16)8-14(19,13(18)22-7-3)11(9(4)15)12(17)21-6-2;2-1(3)4/h11,19H,5-8H2,1-4H3;(H2,2,3,4). The SMILES string of the molecule is CCOC(=O)CC(O)(C(=O)OCC)C(C(C)=O)C(=O)OCC.O=C(O)O. The molecule has 0 aromatic heterocycles. The van der Waals surface area contributed by atoms with E-state index in [0.717, 1.165) is 6.92 Å². The maximum atomic E-state index is 12.0. The highest BCUT2D eigenvalue weighted by Crippen LogP contribution is 2.27. The van der Waals surface area contributed by atoms with Gasteiger partial charge in [-0.1, -0.05) is 0 Å². The summed E-state index contributed by atoms with van der Waals surface area (Å²) in [5, 5.41) is 24.5. The van der Waals surface area contributed by atoms with E-state index in [1.807, 2.05) is 0 Å². The quantitative estimate of drug-likeness (QED) is 0.283. The molecule has 2 unspecified atom stereocenters. The minimum Gasteiger partial charge on any atom is -0.466 e. The van der Waals surface area contributed by atoms with Gasteiger partial charge in [-0.25, -0.2) is 9.59 Å². The fourth-order valence-electron chi connectivity index (χ4n) is 1.90. The number of Topliss-reactive ketones (excluding diaryl/α,β-unsaturated/α-hetero) is 1. The number of rotatable bonds is 9. The first kappa shape index (κ1) is 25.5. The Morgan fingerprint density at radius 3 is 1.65 bits per heavy atom. The van der Waals surface area contributed by atoms with E-state index in [1.54, 1.807) is 0 Å². The second-order valence-corrected chi connectivity index (χ2v) is 4.70. The first-order chi connectivity index (χ1) is 12.0. The van der Waals surface area contributed by atoms with Gasteiger partial charge in [0.05, 0.1) is 26.2 Å². The van der Waals surface area contributed by atoms with Crippen molar-refractivity contribution >= 4 is 29.8 Å². The number of carboxylic acid groups (broad SMARTS) is 2. The molecule has 0 aliphatic rings. The molecule has 26 heavy (non-hydrogen) atoms. The van der Waals surface area contributed by atoms with E-state index in [2.05, 4.69) is 9.47 Å². The van der Waals surface area contributed by atoms with Gasteiger partial charge in [-0.2, -0.15) is 0 Å². The van der Waals surface area contributed by atoms with Crippen molar-refractivity contribution in [1.29, 1.82) is 0 Å². The van der Waals surface area contributed by atoms with E-state index in [9.17, 15) is 24.3 Å². The summed E-state index contributed by atoms with van der Waals surface area (Å²) in [6.45, 7) is 5.39. The monoisotopic (exact) mass is 380 g/mol. The fraction of sp³-hybridized carbons (Fsp3) is 0.667. The third kappa shape index (κ3) is 8.97. The Morgan fingerprint density at radius 2 is 1.31 bits per heavy atom. The number of esters is 3. The highest BCUT2D eigenvalue weighted by Gasteiger charge is 2.54. The second-order valence-electron chi connectivity index (χ2n) is 4.70. The number of carbonyl (C=O) groups is 5. The molecule has 0 spiro atoms. The first-order valence-corrected chi connectivity index (χ1v) is 7.61. The van der Waals surface area contributed by atoms with E-state index in [0.29, 0.717) is 0 Å². The van der Waals surface area contributed by atoms with Gasteiger partial charge in [0.25, 0.3) is 0 Å². The molecule has 2 atom stereocenters. The Labute approximate surface area is 149 Å². The summed E-state index contributed by atoms with van der Waals surface area (Å²) in [6.07, 6.45) is -2.72. The number of ether oxygens (including phenoxy) is 3. The average molecular weight is 380 g/mol. The lowest BCUT2D eigenvalue weighted by atomic mass is 9.81. The van der Waals surface area contributed by atoms with E-state index < -0.39 is 47.8 Å². The van der Waals surface area contributed by atoms with Crippen molar-refractivity contribution in [3.05, 3.63) is 0 Å². The molecule has 11 heteroatoms. The molecule has 0 rings (SSSR count). The van der Waals surface area contributed by atoms with Gasteiger partial charge in [0.1, 0.15) is 5.78 Å². The van der Waals surface area contributed by atoms with Crippen molar-refractivity contribution < 1.29 is 53.5 Å². The summed E-state index contributed by atoms with van der Waals surface area (Å²) in [5.41, 5.74) is -2.67. The zero-order chi connectivity index (χ0) is 20.9. The summed E-state index contributed by atoms with van der Waals surface area (Å²) < 4.78 is 14.1. The minimum atomic E-state index is -2.67. The molecule has 0 aliphatic carbocycles. The van der Waals surface area contributed by atoms with Crippen molar-refractivity contribution in [2.24, 2.45) is 5.92 Å². The van der Waals surface area contributed by atoms with Gasteiger partial charge in [0.2, 0.25) is 0 Å². The third-order valence-electron chi connectivity index (χ3n) is 2.75. The molecule has 0 amide bonds. The van der Waals surface area contributed by atoms with Crippen molar-refractivity contribution in [2.45, 2.75) is 39.7 Å². The van der Waals surface area contributed by atoms with Crippen LogP contribution in [0, 0.1) is 5.92 Å². The molecule has 3 N–H and O–H groups in total. The molecule has 0 fully saturated rings. The predicted octanol–water partition coefficient (Wildman–Crippen LogP) is 0.225. The fourth-order valence-corrected chi connectivity index (χ4v) is 1.90. The normalized spacial score (nSPS) is 13.1. The molecule has 0 bridgehead atoms. The molecule has 150 valence electrons. The van der Waals surface area contributed by atoms with Crippen LogP contribution in [0.2, 0.25) is 0 Å². The smallest absolute Gasteiger partial charge is 0.466 e. The summed E-state index contributed by atoms with van der Waals surface area (Å²) in [4.78, 5) is 55.8. The lowest BCUT2D eigenvalue weighted by Crippen LogP contribution is -2.54. The molecule has 0 saturated carbocycles. The van der Waals surface area contributed by atoms with Gasteiger partial charge >= 0.3 is 24.1 Å². The zero-order valence-corrected chi connectivity index (χ0v) is 15.0. The van der Waals surface area contributed by atoms with Gasteiger partial charge in [-0.05, 0) is 27.7 Å². The number of carbonyl (C=O) groups excluding carboxylic acids is 4. The van der Waals surface area contributed by atoms with Crippen molar-refractivity contribution in [3.8, 4) is 0 Å². The summed E-state index contributed by atoms with van der Waals surface area (Å²) in [7, 11) is 0. The third-order valence-corrected chi connectivity index (χ3v) is 2.75. The van der Waals surface area contributed by atoms with Crippen LogP contribution >= 0.6 is 0 Å². The highest BCUT2D eigenvalue weighted by atomic mass is 16.6. The molecule has 0 aromatic rings. The molecule has 0 heterocycles. The molecule has 0 radical (unpaired) electrons. The lowest BCUT2D eigenvalue weighted by Gasteiger charge is -2.30.